The standard InChI is InChI=1S/C18H28N6S/c19-14-16(15-20)18-23(7-1-6-22-10-12-25-13-11-22)8-9-24(18)17-2-4-21-5-3-17/h17,21H,1-13H2. The number of hydrogen-bond donors (Lipinski definition) is 1. The van der Waals surface area contributed by atoms with Gasteiger partial charge in [-0.25, -0.2) is 0 Å². The summed E-state index contributed by atoms with van der Waals surface area (Å²) in [4.78, 5) is 7.15. The molecule has 7 heteroatoms. The van der Waals surface area contributed by atoms with Crippen LogP contribution < -0.4 is 5.32 Å². The number of allylic oxidation sites excluding steroid dienone is 1. The van der Waals surface area contributed by atoms with E-state index in [0.29, 0.717) is 6.04 Å². The molecule has 0 radical (unpaired) electrons. The van der Waals surface area contributed by atoms with E-state index < -0.39 is 0 Å². The van der Waals surface area contributed by atoms with Gasteiger partial charge in [-0.2, -0.15) is 22.3 Å². The Kier molecular flexibility index (Phi) is 6.86. The van der Waals surface area contributed by atoms with Crippen LogP contribution in [0.15, 0.2) is 11.4 Å². The third-order valence-electron chi connectivity index (χ3n) is 5.39. The van der Waals surface area contributed by atoms with Crippen LogP contribution >= 0.6 is 11.8 Å². The molecule has 0 amide bonds. The Morgan fingerprint density at radius 2 is 1.76 bits per heavy atom. The molecular formula is C18H28N6S. The van der Waals surface area contributed by atoms with Crippen LogP contribution in [0.3, 0.4) is 0 Å². The molecule has 3 rings (SSSR count). The molecule has 0 aliphatic carbocycles. The first kappa shape index (κ1) is 18.4. The van der Waals surface area contributed by atoms with E-state index in [9.17, 15) is 10.5 Å². The van der Waals surface area contributed by atoms with Gasteiger partial charge in [0.2, 0.25) is 0 Å². The van der Waals surface area contributed by atoms with Crippen molar-refractivity contribution in [1.29, 1.82) is 10.5 Å². The van der Waals surface area contributed by atoms with Crippen LogP contribution in [0.1, 0.15) is 19.3 Å². The molecule has 136 valence electrons. The normalized spacial score (nSPS) is 22.7. The lowest BCUT2D eigenvalue weighted by molar-refractivity contribution is 0.214. The second kappa shape index (κ2) is 9.33. The SMILES string of the molecule is N#CC(C#N)=C1N(CCCN2CCSCC2)CCN1C1CCNCC1. The molecule has 3 saturated heterocycles. The Labute approximate surface area is 155 Å². The molecule has 0 saturated carbocycles. The molecule has 3 aliphatic rings. The summed E-state index contributed by atoms with van der Waals surface area (Å²) in [5, 5.41) is 22.3. The quantitative estimate of drug-likeness (QED) is 0.735. The maximum Gasteiger partial charge on any atom is 0.169 e. The van der Waals surface area contributed by atoms with Crippen LogP contribution in [0.4, 0.5) is 0 Å². The Hall–Kier alpha value is -1.41. The minimum atomic E-state index is 0.283. The van der Waals surface area contributed by atoms with E-state index >= 15 is 0 Å². The van der Waals surface area contributed by atoms with Gasteiger partial charge in [0.1, 0.15) is 18.0 Å². The first-order valence-electron chi connectivity index (χ1n) is 9.40. The lowest BCUT2D eigenvalue weighted by Gasteiger charge is -2.35. The summed E-state index contributed by atoms with van der Waals surface area (Å²) < 4.78 is 0. The van der Waals surface area contributed by atoms with Gasteiger partial charge in [0.25, 0.3) is 0 Å². The topological polar surface area (TPSA) is 69.3 Å². The van der Waals surface area contributed by atoms with Crippen molar-refractivity contribution in [1.82, 2.24) is 20.0 Å². The maximum absolute atomic E-state index is 9.44. The van der Waals surface area contributed by atoms with Gasteiger partial charge >= 0.3 is 0 Å². The predicted octanol–water partition coefficient (Wildman–Crippen LogP) is 1.05. The van der Waals surface area contributed by atoms with Crippen LogP contribution in [0.5, 0.6) is 0 Å². The number of hydrogen-bond acceptors (Lipinski definition) is 7. The van der Waals surface area contributed by atoms with E-state index in [0.717, 1.165) is 64.4 Å². The highest BCUT2D eigenvalue weighted by Crippen LogP contribution is 2.28. The molecule has 0 aromatic rings. The zero-order chi connectivity index (χ0) is 17.5. The van der Waals surface area contributed by atoms with Gasteiger partial charge in [0, 0.05) is 50.3 Å². The van der Waals surface area contributed by atoms with Gasteiger partial charge in [-0.3, -0.25) is 0 Å². The summed E-state index contributed by atoms with van der Waals surface area (Å²) in [6.07, 6.45) is 3.28. The highest BCUT2D eigenvalue weighted by atomic mass is 32.2. The van der Waals surface area contributed by atoms with Crippen molar-refractivity contribution in [3.05, 3.63) is 11.4 Å². The Morgan fingerprint density at radius 3 is 2.44 bits per heavy atom. The molecule has 0 bridgehead atoms. The van der Waals surface area contributed by atoms with Crippen molar-refractivity contribution >= 4 is 11.8 Å². The fourth-order valence-electron chi connectivity index (χ4n) is 4.05. The maximum atomic E-state index is 9.44. The average molecular weight is 361 g/mol. The fourth-order valence-corrected chi connectivity index (χ4v) is 5.03. The van der Waals surface area contributed by atoms with Gasteiger partial charge in [0.05, 0.1) is 0 Å². The summed E-state index contributed by atoms with van der Waals surface area (Å²) in [5.41, 5.74) is 0.283. The first-order chi connectivity index (χ1) is 12.3. The molecule has 0 spiro atoms. The van der Waals surface area contributed by atoms with E-state index in [1.165, 1.54) is 24.6 Å². The number of nitrogens with one attached hydrogen (secondary N) is 1. The lowest BCUT2D eigenvalue weighted by atomic mass is 10.0. The van der Waals surface area contributed by atoms with Crippen LogP contribution in [0.2, 0.25) is 0 Å². The molecule has 3 heterocycles. The molecule has 0 atom stereocenters. The lowest BCUT2D eigenvalue weighted by Crippen LogP contribution is -2.42. The zero-order valence-corrected chi connectivity index (χ0v) is 15.7. The minimum Gasteiger partial charge on any atom is -0.355 e. The number of piperidine rings is 1. The predicted molar refractivity (Wildman–Crippen MR) is 101 cm³/mol. The van der Waals surface area contributed by atoms with Crippen molar-refractivity contribution in [2.24, 2.45) is 0 Å². The second-order valence-electron chi connectivity index (χ2n) is 6.89. The summed E-state index contributed by atoms with van der Waals surface area (Å²) in [6, 6.07) is 4.73. The minimum absolute atomic E-state index is 0.283. The van der Waals surface area contributed by atoms with Crippen molar-refractivity contribution in [3.63, 3.8) is 0 Å². The number of rotatable bonds is 5. The molecule has 0 unspecified atom stereocenters. The van der Waals surface area contributed by atoms with Gasteiger partial charge in [-0.05, 0) is 38.9 Å². The summed E-state index contributed by atoms with van der Waals surface area (Å²) in [5.74, 6) is 3.38. The molecule has 1 N–H and O–H groups in total. The summed E-state index contributed by atoms with van der Waals surface area (Å²) in [6.45, 7) is 8.35. The Balaban J connectivity index is 1.62. The van der Waals surface area contributed by atoms with Crippen LogP contribution in [-0.2, 0) is 0 Å². The highest BCUT2D eigenvalue weighted by molar-refractivity contribution is 7.99. The van der Waals surface area contributed by atoms with Gasteiger partial charge in [0.15, 0.2) is 5.57 Å². The Bertz CT molecular complexity index is 535. The smallest absolute Gasteiger partial charge is 0.169 e. The molecule has 0 aromatic carbocycles. The number of thioether (sulfide) groups is 1. The van der Waals surface area contributed by atoms with Crippen molar-refractivity contribution < 1.29 is 0 Å². The van der Waals surface area contributed by atoms with Gasteiger partial charge in [-0.15, -0.1) is 0 Å². The van der Waals surface area contributed by atoms with E-state index in [2.05, 4.69) is 32.2 Å². The summed E-state index contributed by atoms with van der Waals surface area (Å²) in [7, 11) is 0. The molecule has 3 fully saturated rings. The van der Waals surface area contributed by atoms with Crippen molar-refractivity contribution in [2.45, 2.75) is 25.3 Å². The monoisotopic (exact) mass is 360 g/mol. The molecule has 0 aromatic heterocycles. The average Bonchev–Trinajstić information content (AvgIpc) is 3.08. The molecule has 25 heavy (non-hydrogen) atoms. The van der Waals surface area contributed by atoms with Crippen LogP contribution in [0.25, 0.3) is 0 Å². The Morgan fingerprint density at radius 1 is 1.04 bits per heavy atom. The number of nitriles is 2. The van der Waals surface area contributed by atoms with E-state index in [-0.39, 0.29) is 5.57 Å². The van der Waals surface area contributed by atoms with Crippen LogP contribution in [0, 0.1) is 22.7 Å². The zero-order valence-electron chi connectivity index (χ0n) is 14.9. The van der Waals surface area contributed by atoms with E-state index in [1.807, 2.05) is 11.8 Å². The molecule has 3 aliphatic heterocycles. The molecular weight excluding hydrogens is 332 g/mol. The third kappa shape index (κ3) is 4.61. The van der Waals surface area contributed by atoms with Gasteiger partial charge in [-0.1, -0.05) is 0 Å². The highest BCUT2D eigenvalue weighted by Gasteiger charge is 2.33. The van der Waals surface area contributed by atoms with Crippen molar-refractivity contribution in [3.8, 4) is 12.1 Å². The van der Waals surface area contributed by atoms with Gasteiger partial charge < -0.3 is 20.0 Å². The van der Waals surface area contributed by atoms with E-state index in [1.54, 1.807) is 0 Å². The van der Waals surface area contributed by atoms with Crippen LogP contribution in [-0.4, -0.2) is 84.6 Å². The van der Waals surface area contributed by atoms with E-state index in [4.69, 9.17) is 0 Å². The van der Waals surface area contributed by atoms with Crippen molar-refractivity contribution in [2.75, 3.05) is 63.9 Å². The summed E-state index contributed by atoms with van der Waals surface area (Å²) >= 11 is 2.04. The molecule has 6 nitrogen and oxygen atoms in total. The number of nitrogens with zero attached hydrogens (tertiary/aromatic N) is 5. The largest absolute Gasteiger partial charge is 0.355 e. The first-order valence-corrected chi connectivity index (χ1v) is 10.6. The fraction of sp³-hybridized carbons (Fsp3) is 0.778. The second-order valence-corrected chi connectivity index (χ2v) is 8.12. The third-order valence-corrected chi connectivity index (χ3v) is 6.33.